The van der Waals surface area contributed by atoms with Crippen molar-refractivity contribution >= 4 is 22.5 Å². The van der Waals surface area contributed by atoms with Gasteiger partial charge in [-0.2, -0.15) is 5.10 Å². The number of pyridine rings is 1. The van der Waals surface area contributed by atoms with Gasteiger partial charge in [0.1, 0.15) is 17.4 Å². The molecule has 34 heavy (non-hydrogen) atoms. The maximum absolute atomic E-state index is 13.3. The van der Waals surface area contributed by atoms with Crippen molar-refractivity contribution in [3.05, 3.63) is 77.8 Å². The summed E-state index contributed by atoms with van der Waals surface area (Å²) >= 11 is 0. The maximum Gasteiger partial charge on any atom is 0.238 e. The van der Waals surface area contributed by atoms with E-state index in [1.807, 2.05) is 35.1 Å². The lowest BCUT2D eigenvalue weighted by molar-refractivity contribution is -0.115. The number of benzene rings is 2. The van der Waals surface area contributed by atoms with Crippen molar-refractivity contribution in [2.45, 2.75) is 25.3 Å². The molecule has 0 saturated carbocycles. The van der Waals surface area contributed by atoms with Gasteiger partial charge < -0.3 is 15.4 Å². The third-order valence-electron chi connectivity index (χ3n) is 5.94. The number of halogens is 2. The average Bonchev–Trinajstić information content (AvgIpc) is 3.24. The topological polar surface area (TPSA) is 81.1 Å². The average molecular weight is 463 g/mol. The first-order chi connectivity index (χ1) is 16.5. The standard InChI is InChI=1S/C25H23F2N5O2/c1-34-20-3-5-23-21(12-20)24(6-7-28-23)32-14-15-8-18(2-4-22(15)31-32)29-13-25(33)30-19-10-16(26)9-17(27)11-19/h3,5-7,9-12,14,18,29H,2,4,8,13H2,1H3,(H,30,33). The van der Waals surface area contributed by atoms with Crippen LogP contribution < -0.4 is 15.4 Å². The Bertz CT molecular complexity index is 1350. The number of hydrogen-bond donors (Lipinski definition) is 2. The van der Waals surface area contributed by atoms with Gasteiger partial charge in [0, 0.05) is 35.6 Å². The van der Waals surface area contributed by atoms with E-state index in [0.717, 1.165) is 71.1 Å². The molecule has 2 aromatic carbocycles. The SMILES string of the molecule is COc1ccc2nccc(-n3cc4c(n3)CCC(NCC(=O)Nc3cc(F)cc(F)c3)C4)c2c1. The van der Waals surface area contributed by atoms with Crippen molar-refractivity contribution < 1.29 is 18.3 Å². The first-order valence-electron chi connectivity index (χ1n) is 11.0. The van der Waals surface area contributed by atoms with Gasteiger partial charge in [0.25, 0.3) is 0 Å². The fourth-order valence-corrected chi connectivity index (χ4v) is 4.31. The zero-order chi connectivity index (χ0) is 23.7. The molecule has 9 heteroatoms. The van der Waals surface area contributed by atoms with Gasteiger partial charge in [0.15, 0.2) is 0 Å². The molecule has 1 unspecified atom stereocenters. The van der Waals surface area contributed by atoms with E-state index in [0.29, 0.717) is 0 Å². The Morgan fingerprint density at radius 1 is 1.18 bits per heavy atom. The quantitative estimate of drug-likeness (QED) is 0.455. The third-order valence-corrected chi connectivity index (χ3v) is 5.94. The monoisotopic (exact) mass is 463 g/mol. The largest absolute Gasteiger partial charge is 0.497 e. The molecule has 2 aromatic heterocycles. The molecule has 2 N–H and O–H groups in total. The Morgan fingerprint density at radius 2 is 2.00 bits per heavy atom. The molecule has 4 aromatic rings. The number of rotatable bonds is 6. The van der Waals surface area contributed by atoms with Crippen LogP contribution >= 0.6 is 0 Å². The number of nitrogens with zero attached hydrogens (tertiary/aromatic N) is 3. The molecular formula is C25H23F2N5O2. The summed E-state index contributed by atoms with van der Waals surface area (Å²) in [6, 6.07) is 10.7. The zero-order valence-corrected chi connectivity index (χ0v) is 18.5. The molecule has 0 saturated heterocycles. The number of aryl methyl sites for hydroxylation is 1. The molecule has 0 radical (unpaired) electrons. The number of carbonyl (C=O) groups excluding carboxylic acids is 1. The molecular weight excluding hydrogens is 440 g/mol. The highest BCUT2D eigenvalue weighted by Crippen LogP contribution is 2.27. The second-order valence-electron chi connectivity index (χ2n) is 8.29. The van der Waals surface area contributed by atoms with Crippen LogP contribution in [0, 0.1) is 11.6 Å². The minimum Gasteiger partial charge on any atom is -0.497 e. The number of methoxy groups -OCH3 is 1. The predicted octanol–water partition coefficient (Wildman–Crippen LogP) is 3.79. The van der Waals surface area contributed by atoms with E-state index in [4.69, 9.17) is 9.84 Å². The number of carbonyl (C=O) groups is 1. The van der Waals surface area contributed by atoms with Crippen molar-refractivity contribution in [3.8, 4) is 11.4 Å². The molecule has 1 amide bonds. The lowest BCUT2D eigenvalue weighted by atomic mass is 9.93. The van der Waals surface area contributed by atoms with Crippen LogP contribution in [-0.4, -0.2) is 40.4 Å². The van der Waals surface area contributed by atoms with Gasteiger partial charge in [-0.15, -0.1) is 0 Å². The van der Waals surface area contributed by atoms with E-state index in [1.165, 1.54) is 0 Å². The summed E-state index contributed by atoms with van der Waals surface area (Å²) in [4.78, 5) is 16.7. The van der Waals surface area contributed by atoms with Crippen molar-refractivity contribution in [1.82, 2.24) is 20.1 Å². The first kappa shape index (κ1) is 22.0. The summed E-state index contributed by atoms with van der Waals surface area (Å²) in [5, 5.41) is 11.5. The van der Waals surface area contributed by atoms with Crippen molar-refractivity contribution in [2.24, 2.45) is 0 Å². The molecule has 0 spiro atoms. The van der Waals surface area contributed by atoms with Crippen molar-refractivity contribution in [3.63, 3.8) is 0 Å². The van der Waals surface area contributed by atoms with Crippen molar-refractivity contribution in [1.29, 1.82) is 0 Å². The third kappa shape index (κ3) is 4.60. The van der Waals surface area contributed by atoms with E-state index >= 15 is 0 Å². The fraction of sp³-hybridized carbons (Fsp3) is 0.240. The molecule has 1 atom stereocenters. The summed E-state index contributed by atoms with van der Waals surface area (Å²) < 4.78 is 33.9. The van der Waals surface area contributed by atoms with Crippen LogP contribution in [0.4, 0.5) is 14.5 Å². The Balaban J connectivity index is 1.27. The number of amides is 1. The normalized spacial score (nSPS) is 15.2. The van der Waals surface area contributed by atoms with Gasteiger partial charge in [0.2, 0.25) is 5.91 Å². The lowest BCUT2D eigenvalue weighted by Crippen LogP contribution is -2.39. The number of aromatic nitrogens is 3. The molecule has 5 rings (SSSR count). The minimum absolute atomic E-state index is 0.0427. The molecule has 0 fully saturated rings. The van der Waals surface area contributed by atoms with Gasteiger partial charge in [-0.05, 0) is 61.2 Å². The van der Waals surface area contributed by atoms with Gasteiger partial charge in [-0.3, -0.25) is 9.78 Å². The first-order valence-corrected chi connectivity index (χ1v) is 11.0. The Hall–Kier alpha value is -3.85. The Kier molecular flexibility index (Phi) is 5.93. The highest BCUT2D eigenvalue weighted by atomic mass is 19.1. The van der Waals surface area contributed by atoms with Crippen LogP contribution in [-0.2, 0) is 17.6 Å². The fourth-order valence-electron chi connectivity index (χ4n) is 4.31. The van der Waals surface area contributed by atoms with E-state index in [2.05, 4.69) is 15.6 Å². The number of fused-ring (bicyclic) bond motifs is 2. The number of hydrogen-bond acceptors (Lipinski definition) is 5. The highest BCUT2D eigenvalue weighted by Gasteiger charge is 2.23. The number of anilines is 1. The highest BCUT2D eigenvalue weighted by molar-refractivity contribution is 5.92. The molecule has 1 aliphatic carbocycles. The van der Waals surface area contributed by atoms with E-state index < -0.39 is 11.6 Å². The second-order valence-corrected chi connectivity index (χ2v) is 8.29. The lowest BCUT2D eigenvalue weighted by Gasteiger charge is -2.22. The van der Waals surface area contributed by atoms with Gasteiger partial charge >= 0.3 is 0 Å². The molecule has 1 aliphatic rings. The summed E-state index contributed by atoms with van der Waals surface area (Å²) in [5.41, 5.74) is 4.02. The van der Waals surface area contributed by atoms with E-state index in [1.54, 1.807) is 13.3 Å². The van der Waals surface area contributed by atoms with Crippen LogP contribution in [0.3, 0.4) is 0 Å². The van der Waals surface area contributed by atoms with Crippen LogP contribution in [0.1, 0.15) is 17.7 Å². The number of nitrogens with one attached hydrogen (secondary N) is 2. The zero-order valence-electron chi connectivity index (χ0n) is 18.5. The molecule has 2 heterocycles. The van der Waals surface area contributed by atoms with Gasteiger partial charge in [-0.1, -0.05) is 0 Å². The number of ether oxygens (including phenoxy) is 1. The molecule has 0 aliphatic heterocycles. The maximum atomic E-state index is 13.3. The van der Waals surface area contributed by atoms with Gasteiger partial charge in [0.05, 0.1) is 30.6 Å². The Labute approximate surface area is 194 Å². The second kappa shape index (κ2) is 9.18. The molecule has 0 bridgehead atoms. The molecule has 7 nitrogen and oxygen atoms in total. The molecule has 174 valence electrons. The van der Waals surface area contributed by atoms with Crippen LogP contribution in [0.5, 0.6) is 5.75 Å². The summed E-state index contributed by atoms with van der Waals surface area (Å²) in [6.45, 7) is 0.0427. The predicted molar refractivity (Wildman–Crippen MR) is 124 cm³/mol. The summed E-state index contributed by atoms with van der Waals surface area (Å²) in [7, 11) is 1.63. The van der Waals surface area contributed by atoms with Crippen LogP contribution in [0.25, 0.3) is 16.6 Å². The summed E-state index contributed by atoms with van der Waals surface area (Å²) in [5.74, 6) is -1.08. The Morgan fingerprint density at radius 3 is 2.79 bits per heavy atom. The smallest absolute Gasteiger partial charge is 0.238 e. The van der Waals surface area contributed by atoms with E-state index in [-0.39, 0.29) is 24.2 Å². The van der Waals surface area contributed by atoms with Crippen LogP contribution in [0.15, 0.2) is 54.9 Å². The van der Waals surface area contributed by atoms with E-state index in [9.17, 15) is 13.6 Å². The summed E-state index contributed by atoms with van der Waals surface area (Å²) in [6.07, 6.45) is 6.12. The van der Waals surface area contributed by atoms with Crippen molar-refractivity contribution in [2.75, 3.05) is 19.0 Å². The minimum atomic E-state index is -0.736. The van der Waals surface area contributed by atoms with Crippen LogP contribution in [0.2, 0.25) is 0 Å². The van der Waals surface area contributed by atoms with Gasteiger partial charge in [-0.25, -0.2) is 13.5 Å².